The number of nitro groups is 1. The lowest BCUT2D eigenvalue weighted by Gasteiger charge is -2.12. The highest BCUT2D eigenvalue weighted by Crippen LogP contribution is 2.38. The van der Waals surface area contributed by atoms with E-state index in [1.165, 1.54) is 6.07 Å². The highest BCUT2D eigenvalue weighted by Gasteiger charge is 2.31. The van der Waals surface area contributed by atoms with Crippen molar-refractivity contribution >= 4 is 23.3 Å². The lowest BCUT2D eigenvalue weighted by molar-refractivity contribution is -0.385. The van der Waals surface area contributed by atoms with Crippen molar-refractivity contribution in [1.29, 1.82) is 0 Å². The zero-order chi connectivity index (χ0) is 20.9. The fourth-order valence-corrected chi connectivity index (χ4v) is 2.22. The van der Waals surface area contributed by atoms with Crippen LogP contribution in [0.15, 0.2) is 48.6 Å². The van der Waals surface area contributed by atoms with Crippen molar-refractivity contribution < 1.29 is 37.5 Å². The Kier molecular flexibility index (Phi) is 6.47. The fraction of sp³-hybridized carbons (Fsp3) is 0.118. The number of nitro benzene ring substituents is 1. The molecule has 0 aliphatic heterocycles. The van der Waals surface area contributed by atoms with Crippen molar-refractivity contribution in [2.24, 2.45) is 0 Å². The van der Waals surface area contributed by atoms with Crippen LogP contribution in [0.1, 0.15) is 5.56 Å². The second kappa shape index (κ2) is 8.61. The molecule has 2 aromatic carbocycles. The van der Waals surface area contributed by atoms with Gasteiger partial charge in [-0.05, 0) is 30.3 Å². The number of carboxylic acids is 1. The van der Waals surface area contributed by atoms with Gasteiger partial charge in [-0.1, -0.05) is 11.6 Å². The maximum absolute atomic E-state index is 12.7. The molecule has 0 bridgehead atoms. The van der Waals surface area contributed by atoms with E-state index in [-0.39, 0.29) is 28.9 Å². The molecule has 148 valence electrons. The average Bonchev–Trinajstić information content (AvgIpc) is 2.59. The molecule has 0 radical (unpaired) electrons. The van der Waals surface area contributed by atoms with E-state index in [0.29, 0.717) is 6.07 Å². The number of ether oxygens (including phenoxy) is 2. The standard InChI is InChI=1S/C17H11ClF3NO6/c18-12-8-10(17(19,20)21)3-6-14(12)28-11-4-5-13(22(25)26)15(9-11)27-7-1-2-16(23)24/h1-6,8-9H,7H2,(H,23,24)/b2-1+. The molecule has 0 spiro atoms. The zero-order valence-corrected chi connectivity index (χ0v) is 14.5. The Bertz CT molecular complexity index is 930. The van der Waals surface area contributed by atoms with Crippen LogP contribution >= 0.6 is 11.6 Å². The third-order valence-corrected chi connectivity index (χ3v) is 3.51. The second-order valence-corrected chi connectivity index (χ2v) is 5.59. The summed E-state index contributed by atoms with van der Waals surface area (Å²) in [7, 11) is 0. The van der Waals surface area contributed by atoms with Crippen LogP contribution < -0.4 is 9.47 Å². The number of carbonyl (C=O) groups is 1. The Morgan fingerprint density at radius 3 is 2.50 bits per heavy atom. The normalized spacial score (nSPS) is 11.4. The SMILES string of the molecule is O=C(O)/C=C/COc1cc(Oc2ccc(C(F)(F)F)cc2Cl)ccc1[N+](=O)[O-]. The van der Waals surface area contributed by atoms with Crippen LogP contribution in [0.5, 0.6) is 17.2 Å². The summed E-state index contributed by atoms with van der Waals surface area (Å²) in [6.45, 7) is -0.266. The summed E-state index contributed by atoms with van der Waals surface area (Å²) in [6.07, 6.45) is -2.64. The van der Waals surface area contributed by atoms with Gasteiger partial charge >= 0.3 is 17.8 Å². The van der Waals surface area contributed by atoms with Gasteiger partial charge in [-0.2, -0.15) is 13.2 Å². The highest BCUT2D eigenvalue weighted by atomic mass is 35.5. The van der Waals surface area contributed by atoms with Crippen LogP contribution in [-0.4, -0.2) is 22.6 Å². The zero-order valence-electron chi connectivity index (χ0n) is 13.8. The third-order valence-electron chi connectivity index (χ3n) is 3.21. The molecule has 0 amide bonds. The summed E-state index contributed by atoms with van der Waals surface area (Å²) >= 11 is 5.81. The van der Waals surface area contributed by atoms with Gasteiger partial charge in [0, 0.05) is 18.2 Å². The number of rotatable bonds is 7. The highest BCUT2D eigenvalue weighted by molar-refractivity contribution is 6.32. The van der Waals surface area contributed by atoms with E-state index >= 15 is 0 Å². The first-order valence-electron chi connectivity index (χ1n) is 7.43. The average molecular weight is 418 g/mol. The van der Waals surface area contributed by atoms with Gasteiger partial charge in [0.15, 0.2) is 0 Å². The molecular formula is C17H11ClF3NO6. The number of hydrogen-bond acceptors (Lipinski definition) is 5. The van der Waals surface area contributed by atoms with Gasteiger partial charge in [0.05, 0.1) is 15.5 Å². The molecule has 0 aliphatic carbocycles. The van der Waals surface area contributed by atoms with Crippen molar-refractivity contribution in [1.82, 2.24) is 0 Å². The largest absolute Gasteiger partial charge is 0.482 e. The Labute approximate surface area is 160 Å². The second-order valence-electron chi connectivity index (χ2n) is 5.18. The van der Waals surface area contributed by atoms with Crippen LogP contribution in [0.2, 0.25) is 5.02 Å². The van der Waals surface area contributed by atoms with E-state index in [4.69, 9.17) is 26.2 Å². The smallest absolute Gasteiger partial charge is 0.416 e. The first kappa shape index (κ1) is 21.0. The number of aliphatic carboxylic acids is 1. The quantitative estimate of drug-likeness (QED) is 0.383. The molecular weight excluding hydrogens is 407 g/mol. The minimum atomic E-state index is -4.57. The predicted octanol–water partition coefficient (Wildman–Crippen LogP) is 5.08. The van der Waals surface area contributed by atoms with Gasteiger partial charge < -0.3 is 14.6 Å². The van der Waals surface area contributed by atoms with E-state index in [2.05, 4.69) is 0 Å². The monoisotopic (exact) mass is 417 g/mol. The summed E-state index contributed by atoms with van der Waals surface area (Å²) in [5.74, 6) is -1.52. The lowest BCUT2D eigenvalue weighted by atomic mass is 10.2. The topological polar surface area (TPSA) is 98.9 Å². The molecule has 0 aliphatic rings. The number of benzene rings is 2. The summed E-state index contributed by atoms with van der Waals surface area (Å²) in [4.78, 5) is 20.8. The minimum absolute atomic E-state index is 0.0180. The summed E-state index contributed by atoms with van der Waals surface area (Å²) in [5.41, 5.74) is -1.36. The first-order valence-corrected chi connectivity index (χ1v) is 7.81. The number of carboxylic acid groups (broad SMARTS) is 1. The third kappa shape index (κ3) is 5.61. The molecule has 0 heterocycles. The molecule has 0 fully saturated rings. The number of halogens is 4. The molecule has 11 heteroatoms. The van der Waals surface area contributed by atoms with Crippen molar-refractivity contribution in [2.45, 2.75) is 6.18 Å². The van der Waals surface area contributed by atoms with Crippen LogP contribution in [-0.2, 0) is 11.0 Å². The van der Waals surface area contributed by atoms with E-state index in [0.717, 1.165) is 36.4 Å². The molecule has 0 saturated heterocycles. The van der Waals surface area contributed by atoms with Gasteiger partial charge in [0.25, 0.3) is 0 Å². The predicted molar refractivity (Wildman–Crippen MR) is 91.9 cm³/mol. The van der Waals surface area contributed by atoms with E-state index in [9.17, 15) is 28.1 Å². The Morgan fingerprint density at radius 2 is 1.93 bits per heavy atom. The molecule has 2 aromatic rings. The van der Waals surface area contributed by atoms with Gasteiger partial charge in [0.2, 0.25) is 5.75 Å². The molecule has 28 heavy (non-hydrogen) atoms. The van der Waals surface area contributed by atoms with Gasteiger partial charge in [-0.3, -0.25) is 10.1 Å². The Morgan fingerprint density at radius 1 is 1.21 bits per heavy atom. The number of hydrogen-bond donors (Lipinski definition) is 1. The van der Waals surface area contributed by atoms with E-state index < -0.39 is 28.3 Å². The minimum Gasteiger partial charge on any atom is -0.482 e. The van der Waals surface area contributed by atoms with Crippen molar-refractivity contribution in [3.05, 3.63) is 69.3 Å². The van der Waals surface area contributed by atoms with E-state index in [1.54, 1.807) is 0 Å². The molecule has 2 rings (SSSR count). The van der Waals surface area contributed by atoms with Crippen LogP contribution in [0, 0.1) is 10.1 Å². The van der Waals surface area contributed by atoms with Crippen molar-refractivity contribution in [3.8, 4) is 17.2 Å². The van der Waals surface area contributed by atoms with Gasteiger partial charge in [-0.15, -0.1) is 0 Å². The van der Waals surface area contributed by atoms with Crippen molar-refractivity contribution in [3.63, 3.8) is 0 Å². The molecule has 1 N–H and O–H groups in total. The molecule has 7 nitrogen and oxygen atoms in total. The fourth-order valence-electron chi connectivity index (χ4n) is 2.00. The summed E-state index contributed by atoms with van der Waals surface area (Å²) in [5, 5.41) is 19.3. The number of nitrogens with zero attached hydrogens (tertiary/aromatic N) is 1. The summed E-state index contributed by atoms with van der Waals surface area (Å²) < 4.78 is 48.6. The Balaban J connectivity index is 2.25. The van der Waals surface area contributed by atoms with Crippen LogP contribution in [0.3, 0.4) is 0 Å². The summed E-state index contributed by atoms with van der Waals surface area (Å²) in [6, 6.07) is 5.91. The van der Waals surface area contributed by atoms with Gasteiger partial charge in [0.1, 0.15) is 18.1 Å². The van der Waals surface area contributed by atoms with Gasteiger partial charge in [-0.25, -0.2) is 4.79 Å². The maximum Gasteiger partial charge on any atom is 0.416 e. The lowest BCUT2D eigenvalue weighted by Crippen LogP contribution is -2.04. The van der Waals surface area contributed by atoms with E-state index in [1.807, 2.05) is 0 Å². The first-order chi connectivity index (χ1) is 13.1. The maximum atomic E-state index is 12.7. The van der Waals surface area contributed by atoms with Crippen LogP contribution in [0.4, 0.5) is 18.9 Å². The molecule has 0 aromatic heterocycles. The number of alkyl halides is 3. The molecule has 0 atom stereocenters. The van der Waals surface area contributed by atoms with Crippen LogP contribution in [0.25, 0.3) is 0 Å². The molecule has 0 saturated carbocycles. The Hall–Kier alpha value is -3.27. The molecule has 0 unspecified atom stereocenters. The van der Waals surface area contributed by atoms with Crippen molar-refractivity contribution in [2.75, 3.05) is 6.61 Å².